The lowest BCUT2D eigenvalue weighted by atomic mass is 10.2. The normalized spacial score (nSPS) is 11.0. The van der Waals surface area contributed by atoms with Crippen molar-refractivity contribution in [1.82, 2.24) is 19.2 Å². The Morgan fingerprint density at radius 1 is 1.36 bits per heavy atom. The monoisotopic (exact) mass is 363 g/mol. The van der Waals surface area contributed by atoms with Gasteiger partial charge in [-0.05, 0) is 43.9 Å². The van der Waals surface area contributed by atoms with Crippen LogP contribution in [-0.4, -0.2) is 39.3 Å². The van der Waals surface area contributed by atoms with Crippen LogP contribution in [0.5, 0.6) is 5.75 Å². The molecule has 0 saturated carbocycles. The Kier molecular flexibility index (Phi) is 6.72. The van der Waals surface area contributed by atoms with Crippen LogP contribution < -0.4 is 10.5 Å². The second kappa shape index (κ2) is 8.77. The lowest BCUT2D eigenvalue weighted by molar-refractivity contribution is -0.118. The lowest BCUT2D eigenvalue weighted by Crippen LogP contribution is -2.22. The first-order valence-corrected chi connectivity index (χ1v) is 8.61. The summed E-state index contributed by atoms with van der Waals surface area (Å²) in [6.45, 7) is 4.06. The van der Waals surface area contributed by atoms with Gasteiger partial charge in [-0.15, -0.1) is 0 Å². The molecule has 0 bridgehead atoms. The van der Waals surface area contributed by atoms with Gasteiger partial charge in [-0.2, -0.15) is 5.10 Å². The van der Waals surface area contributed by atoms with Gasteiger partial charge >= 0.3 is 0 Å². The zero-order valence-corrected chi connectivity index (χ0v) is 15.8. The minimum atomic E-state index is -0.334. The molecule has 8 heteroatoms. The van der Waals surface area contributed by atoms with Crippen molar-refractivity contribution in [3.63, 3.8) is 0 Å². The molecule has 0 atom stereocenters. The molecule has 2 aromatic rings. The maximum Gasteiger partial charge on any atom is 0.217 e. The molecule has 0 aliphatic heterocycles. The van der Waals surface area contributed by atoms with Crippen molar-refractivity contribution in [2.45, 2.75) is 39.5 Å². The lowest BCUT2D eigenvalue weighted by Gasteiger charge is -2.16. The molecule has 0 fully saturated rings. The average molecular weight is 363 g/mol. The number of carbonyl (C=O) groups excluding carboxylic acids is 1. The largest absolute Gasteiger partial charge is 0.497 e. The van der Waals surface area contributed by atoms with Gasteiger partial charge in [0.25, 0.3) is 0 Å². The highest BCUT2D eigenvalue weighted by Crippen LogP contribution is 2.13. The Morgan fingerprint density at radius 2 is 2.04 bits per heavy atom. The molecule has 0 saturated heterocycles. The van der Waals surface area contributed by atoms with Gasteiger partial charge in [-0.25, -0.2) is 4.68 Å². The van der Waals surface area contributed by atoms with Gasteiger partial charge in [0.05, 0.1) is 13.8 Å². The number of aromatic nitrogens is 3. The first-order chi connectivity index (χ1) is 11.9. The standard InChI is InChI=1S/C17H25N5O2S/c1-4-21-16(10-9-15(18)23)19-22(17(21)25)12-20(2)11-13-5-7-14(24-3)8-6-13/h5-8H,4,9-12H2,1-3H3,(H2,18,23). The van der Waals surface area contributed by atoms with Gasteiger partial charge in [-0.1, -0.05) is 12.1 Å². The van der Waals surface area contributed by atoms with Crippen LogP contribution in [0.4, 0.5) is 0 Å². The van der Waals surface area contributed by atoms with E-state index in [9.17, 15) is 4.79 Å². The molecular formula is C17H25N5O2S. The predicted molar refractivity (Wildman–Crippen MR) is 98.7 cm³/mol. The number of rotatable bonds is 9. The summed E-state index contributed by atoms with van der Waals surface area (Å²) in [6.07, 6.45) is 0.773. The second-order valence-corrected chi connectivity index (χ2v) is 6.28. The third-order valence-corrected chi connectivity index (χ3v) is 4.33. The minimum absolute atomic E-state index is 0.271. The van der Waals surface area contributed by atoms with Crippen LogP contribution in [0.3, 0.4) is 0 Å². The van der Waals surface area contributed by atoms with Gasteiger partial charge in [0.2, 0.25) is 5.91 Å². The molecule has 2 rings (SSSR count). The van der Waals surface area contributed by atoms with Crippen LogP contribution in [0.2, 0.25) is 0 Å². The van der Waals surface area contributed by atoms with E-state index < -0.39 is 0 Å². The molecule has 0 unspecified atom stereocenters. The van der Waals surface area contributed by atoms with Crippen molar-refractivity contribution in [2.24, 2.45) is 5.73 Å². The van der Waals surface area contributed by atoms with E-state index in [-0.39, 0.29) is 12.3 Å². The molecule has 1 aromatic heterocycles. The number of ether oxygens (including phenoxy) is 1. The highest BCUT2D eigenvalue weighted by Gasteiger charge is 2.12. The van der Waals surface area contributed by atoms with E-state index in [0.29, 0.717) is 17.9 Å². The van der Waals surface area contributed by atoms with Crippen LogP contribution in [0.25, 0.3) is 0 Å². The summed E-state index contributed by atoms with van der Waals surface area (Å²) in [4.78, 5) is 13.2. The quantitative estimate of drug-likeness (QED) is 0.689. The van der Waals surface area contributed by atoms with Gasteiger partial charge in [0.1, 0.15) is 11.6 Å². The van der Waals surface area contributed by atoms with Crippen molar-refractivity contribution < 1.29 is 9.53 Å². The van der Waals surface area contributed by atoms with Crippen LogP contribution in [0.1, 0.15) is 24.7 Å². The number of carbonyl (C=O) groups is 1. The molecule has 0 spiro atoms. The van der Waals surface area contributed by atoms with Crippen molar-refractivity contribution in [1.29, 1.82) is 0 Å². The molecular weight excluding hydrogens is 338 g/mol. The third kappa shape index (κ3) is 5.14. The summed E-state index contributed by atoms with van der Waals surface area (Å²) >= 11 is 5.51. The summed E-state index contributed by atoms with van der Waals surface area (Å²) < 4.78 is 9.57. The van der Waals surface area contributed by atoms with Gasteiger partial charge in [-0.3, -0.25) is 9.69 Å². The molecule has 25 heavy (non-hydrogen) atoms. The highest BCUT2D eigenvalue weighted by molar-refractivity contribution is 7.71. The average Bonchev–Trinajstić information content (AvgIpc) is 2.88. The van der Waals surface area contributed by atoms with E-state index in [0.717, 1.165) is 24.7 Å². The molecule has 0 radical (unpaired) electrons. The highest BCUT2D eigenvalue weighted by atomic mass is 32.1. The van der Waals surface area contributed by atoms with Gasteiger partial charge in [0, 0.05) is 25.9 Å². The first kappa shape index (κ1) is 19.1. The Balaban J connectivity index is 2.07. The van der Waals surface area contributed by atoms with Crippen molar-refractivity contribution in [3.8, 4) is 5.75 Å². The number of amides is 1. The summed E-state index contributed by atoms with van der Waals surface area (Å²) in [7, 11) is 3.67. The summed E-state index contributed by atoms with van der Waals surface area (Å²) in [6, 6.07) is 7.97. The molecule has 1 aromatic carbocycles. The fraction of sp³-hybridized carbons (Fsp3) is 0.471. The first-order valence-electron chi connectivity index (χ1n) is 8.20. The second-order valence-electron chi connectivity index (χ2n) is 5.91. The number of hydrogen-bond donors (Lipinski definition) is 1. The topological polar surface area (TPSA) is 78.3 Å². The number of nitrogens with two attached hydrogens (primary N) is 1. The van der Waals surface area contributed by atoms with E-state index in [1.807, 2.05) is 42.8 Å². The van der Waals surface area contributed by atoms with Crippen LogP contribution in [0.15, 0.2) is 24.3 Å². The van der Waals surface area contributed by atoms with Crippen LogP contribution in [0, 0.1) is 4.77 Å². The molecule has 136 valence electrons. The Bertz CT molecular complexity index is 766. The zero-order chi connectivity index (χ0) is 18.4. The van der Waals surface area contributed by atoms with Crippen molar-refractivity contribution >= 4 is 18.1 Å². The number of hydrogen-bond acceptors (Lipinski definition) is 5. The molecule has 2 N–H and O–H groups in total. The molecule has 1 amide bonds. The fourth-order valence-electron chi connectivity index (χ4n) is 2.64. The molecule has 0 aliphatic carbocycles. The molecule has 1 heterocycles. The maximum absolute atomic E-state index is 11.0. The Morgan fingerprint density at radius 3 is 2.60 bits per heavy atom. The van der Waals surface area contributed by atoms with Crippen molar-refractivity contribution in [2.75, 3.05) is 14.2 Å². The van der Waals surface area contributed by atoms with E-state index in [4.69, 9.17) is 22.7 Å². The van der Waals surface area contributed by atoms with Crippen LogP contribution in [-0.2, 0) is 31.0 Å². The number of primary amides is 1. The SMILES string of the molecule is CCn1c(CCC(N)=O)nn(CN(C)Cc2ccc(OC)cc2)c1=S. The van der Waals surface area contributed by atoms with Crippen molar-refractivity contribution in [3.05, 3.63) is 40.4 Å². The van der Waals surface area contributed by atoms with Gasteiger partial charge in [0.15, 0.2) is 4.77 Å². The Labute approximate surface area is 153 Å². The molecule has 7 nitrogen and oxygen atoms in total. The fourth-order valence-corrected chi connectivity index (χ4v) is 2.97. The van der Waals surface area contributed by atoms with Gasteiger partial charge < -0.3 is 15.0 Å². The van der Waals surface area contributed by atoms with Crippen LogP contribution >= 0.6 is 12.2 Å². The number of benzene rings is 1. The molecule has 0 aliphatic rings. The smallest absolute Gasteiger partial charge is 0.217 e. The number of aryl methyl sites for hydroxylation is 1. The minimum Gasteiger partial charge on any atom is -0.497 e. The predicted octanol–water partition coefficient (Wildman–Crippen LogP) is 1.95. The zero-order valence-electron chi connectivity index (χ0n) is 14.9. The summed E-state index contributed by atoms with van der Waals surface area (Å²) in [5.74, 6) is 1.30. The van der Waals surface area contributed by atoms with E-state index >= 15 is 0 Å². The summed E-state index contributed by atoms with van der Waals surface area (Å²) in [5.41, 5.74) is 6.42. The van der Waals surface area contributed by atoms with E-state index in [1.54, 1.807) is 11.8 Å². The third-order valence-electron chi connectivity index (χ3n) is 3.90. The summed E-state index contributed by atoms with van der Waals surface area (Å²) in [5, 5.41) is 4.57. The number of methoxy groups -OCH3 is 1. The Hall–Kier alpha value is -2.19. The number of nitrogens with zero attached hydrogens (tertiary/aromatic N) is 4. The van der Waals surface area contributed by atoms with E-state index in [1.165, 1.54) is 5.56 Å². The van der Waals surface area contributed by atoms with E-state index in [2.05, 4.69) is 10.00 Å². The maximum atomic E-state index is 11.0.